The first kappa shape index (κ1) is 7.31. The highest BCUT2D eigenvalue weighted by molar-refractivity contribution is 7.13. The standard InChI is InChI=1S/C9H6O2S/c10-6-11-9-8-4-2-1-3-7(8)5-12-9/h1-6H. The summed E-state index contributed by atoms with van der Waals surface area (Å²) in [6.45, 7) is 0.457. The predicted octanol–water partition coefficient (Wildman–Crippen LogP) is 2.44. The largest absolute Gasteiger partial charge is 0.417 e. The molecule has 2 nitrogen and oxygen atoms in total. The molecule has 0 bridgehead atoms. The van der Waals surface area contributed by atoms with Crippen molar-refractivity contribution in [2.24, 2.45) is 0 Å². The minimum atomic E-state index is 0.457. The van der Waals surface area contributed by atoms with Crippen molar-refractivity contribution in [2.75, 3.05) is 0 Å². The van der Waals surface area contributed by atoms with Gasteiger partial charge in [0.2, 0.25) is 0 Å². The van der Waals surface area contributed by atoms with Gasteiger partial charge in [-0.1, -0.05) is 18.2 Å². The lowest BCUT2D eigenvalue weighted by Crippen LogP contribution is -1.84. The molecule has 0 unspecified atom stereocenters. The molecule has 1 aromatic carbocycles. The Hall–Kier alpha value is -1.35. The van der Waals surface area contributed by atoms with Crippen LogP contribution in [-0.2, 0) is 4.79 Å². The average Bonchev–Trinajstić information content (AvgIpc) is 2.50. The summed E-state index contributed by atoms with van der Waals surface area (Å²) in [6, 6.07) is 7.81. The smallest absolute Gasteiger partial charge is 0.299 e. The molecule has 0 spiro atoms. The number of rotatable bonds is 2. The molecular weight excluding hydrogens is 172 g/mol. The van der Waals surface area contributed by atoms with Crippen LogP contribution in [0.1, 0.15) is 0 Å². The Labute approximate surface area is 73.4 Å². The van der Waals surface area contributed by atoms with E-state index in [0.717, 1.165) is 10.8 Å². The number of hydrogen-bond acceptors (Lipinski definition) is 3. The molecule has 12 heavy (non-hydrogen) atoms. The third-order valence-corrected chi connectivity index (χ3v) is 2.53. The van der Waals surface area contributed by atoms with Crippen LogP contribution in [0.5, 0.6) is 5.06 Å². The highest BCUT2D eigenvalue weighted by Crippen LogP contribution is 2.32. The molecule has 0 saturated heterocycles. The first-order valence-electron chi connectivity index (χ1n) is 3.48. The quantitative estimate of drug-likeness (QED) is 0.660. The fourth-order valence-corrected chi connectivity index (χ4v) is 1.95. The lowest BCUT2D eigenvalue weighted by atomic mass is 10.2. The fraction of sp³-hybridized carbons (Fsp3) is 0. The maximum Gasteiger partial charge on any atom is 0.299 e. The van der Waals surface area contributed by atoms with Gasteiger partial charge in [-0.15, -0.1) is 11.3 Å². The number of carbonyl (C=O) groups is 1. The lowest BCUT2D eigenvalue weighted by Gasteiger charge is -1.92. The fourth-order valence-electron chi connectivity index (χ4n) is 1.10. The van der Waals surface area contributed by atoms with Crippen molar-refractivity contribution in [3.05, 3.63) is 29.6 Å². The molecule has 2 rings (SSSR count). The maximum atomic E-state index is 10.1. The van der Waals surface area contributed by atoms with Gasteiger partial charge in [0, 0.05) is 10.8 Å². The van der Waals surface area contributed by atoms with Crippen molar-refractivity contribution in [2.45, 2.75) is 0 Å². The molecule has 0 fully saturated rings. The Bertz CT molecular complexity index is 406. The van der Waals surface area contributed by atoms with Crippen LogP contribution in [0.2, 0.25) is 0 Å². The van der Waals surface area contributed by atoms with Crippen LogP contribution in [0.4, 0.5) is 0 Å². The van der Waals surface area contributed by atoms with E-state index >= 15 is 0 Å². The van der Waals surface area contributed by atoms with Crippen LogP contribution in [0.25, 0.3) is 10.8 Å². The lowest BCUT2D eigenvalue weighted by molar-refractivity contribution is -0.120. The molecule has 0 radical (unpaired) electrons. The number of ether oxygens (including phenoxy) is 1. The van der Waals surface area contributed by atoms with E-state index in [4.69, 9.17) is 4.74 Å². The molecule has 0 aliphatic carbocycles. The molecule has 1 heterocycles. The Kier molecular flexibility index (Phi) is 1.80. The van der Waals surface area contributed by atoms with Gasteiger partial charge in [-0.25, -0.2) is 0 Å². The molecule has 0 amide bonds. The Morgan fingerprint density at radius 3 is 3.00 bits per heavy atom. The van der Waals surface area contributed by atoms with Gasteiger partial charge < -0.3 is 4.74 Å². The van der Waals surface area contributed by atoms with E-state index in [0.29, 0.717) is 11.5 Å². The van der Waals surface area contributed by atoms with E-state index in [1.54, 1.807) is 0 Å². The summed E-state index contributed by atoms with van der Waals surface area (Å²) >= 11 is 1.43. The molecule has 0 atom stereocenters. The van der Waals surface area contributed by atoms with Crippen LogP contribution >= 0.6 is 11.3 Å². The normalized spacial score (nSPS) is 10.0. The summed E-state index contributed by atoms with van der Waals surface area (Å²) in [4.78, 5) is 10.1. The number of thiophene rings is 1. The molecule has 0 aliphatic heterocycles. The monoisotopic (exact) mass is 178 g/mol. The molecule has 0 N–H and O–H groups in total. The van der Waals surface area contributed by atoms with Crippen molar-refractivity contribution in [3.8, 4) is 5.06 Å². The summed E-state index contributed by atoms with van der Waals surface area (Å²) in [6.07, 6.45) is 0. The third-order valence-electron chi connectivity index (χ3n) is 1.63. The Morgan fingerprint density at radius 1 is 1.33 bits per heavy atom. The van der Waals surface area contributed by atoms with Gasteiger partial charge in [-0.2, -0.15) is 0 Å². The van der Waals surface area contributed by atoms with Crippen LogP contribution in [-0.4, -0.2) is 6.47 Å². The highest BCUT2D eigenvalue weighted by atomic mass is 32.1. The van der Waals surface area contributed by atoms with Crippen LogP contribution < -0.4 is 4.74 Å². The van der Waals surface area contributed by atoms with Gasteiger partial charge in [-0.05, 0) is 11.5 Å². The second kappa shape index (κ2) is 2.95. The molecule has 1 aromatic heterocycles. The van der Waals surface area contributed by atoms with E-state index in [1.807, 2.05) is 29.6 Å². The third kappa shape index (κ3) is 1.08. The van der Waals surface area contributed by atoms with Gasteiger partial charge in [0.15, 0.2) is 5.06 Å². The summed E-state index contributed by atoms with van der Waals surface area (Å²) in [5, 5.41) is 4.74. The zero-order valence-corrected chi connectivity index (χ0v) is 7.01. The van der Waals surface area contributed by atoms with E-state index in [9.17, 15) is 4.79 Å². The molecular formula is C9H6O2S. The van der Waals surface area contributed by atoms with Crippen molar-refractivity contribution < 1.29 is 9.53 Å². The molecule has 3 heteroatoms. The van der Waals surface area contributed by atoms with Crippen molar-refractivity contribution in [3.63, 3.8) is 0 Å². The summed E-state index contributed by atoms with van der Waals surface area (Å²) in [5.41, 5.74) is 0. The van der Waals surface area contributed by atoms with Gasteiger partial charge >= 0.3 is 0 Å². The first-order chi connectivity index (χ1) is 5.92. The Balaban J connectivity index is 2.62. The molecule has 60 valence electrons. The number of hydrogen-bond donors (Lipinski definition) is 0. The van der Waals surface area contributed by atoms with Gasteiger partial charge in [0.1, 0.15) is 0 Å². The predicted molar refractivity (Wildman–Crippen MR) is 48.5 cm³/mol. The summed E-state index contributed by atoms with van der Waals surface area (Å²) < 4.78 is 4.80. The van der Waals surface area contributed by atoms with Crippen LogP contribution in [0.15, 0.2) is 29.6 Å². The van der Waals surface area contributed by atoms with Crippen molar-refractivity contribution in [1.29, 1.82) is 0 Å². The van der Waals surface area contributed by atoms with Crippen LogP contribution in [0, 0.1) is 0 Å². The zero-order chi connectivity index (χ0) is 8.39. The second-order valence-corrected chi connectivity index (χ2v) is 3.17. The number of fused-ring (bicyclic) bond motifs is 1. The van der Waals surface area contributed by atoms with E-state index in [-0.39, 0.29) is 0 Å². The SMILES string of the molecule is O=COc1scc2ccccc12. The highest BCUT2D eigenvalue weighted by Gasteiger charge is 2.02. The topological polar surface area (TPSA) is 26.3 Å². The number of benzene rings is 1. The van der Waals surface area contributed by atoms with Gasteiger partial charge in [0.25, 0.3) is 6.47 Å². The van der Waals surface area contributed by atoms with E-state index in [2.05, 4.69) is 0 Å². The minimum absolute atomic E-state index is 0.457. The van der Waals surface area contributed by atoms with Crippen molar-refractivity contribution >= 4 is 28.6 Å². The average molecular weight is 178 g/mol. The van der Waals surface area contributed by atoms with E-state index < -0.39 is 0 Å². The van der Waals surface area contributed by atoms with E-state index in [1.165, 1.54) is 11.3 Å². The second-order valence-electron chi connectivity index (χ2n) is 2.32. The van der Waals surface area contributed by atoms with Crippen LogP contribution in [0.3, 0.4) is 0 Å². The maximum absolute atomic E-state index is 10.1. The minimum Gasteiger partial charge on any atom is -0.417 e. The molecule has 0 saturated carbocycles. The summed E-state index contributed by atoms with van der Waals surface area (Å²) in [7, 11) is 0. The number of carbonyl (C=O) groups excluding carboxylic acids is 1. The summed E-state index contributed by atoms with van der Waals surface area (Å²) in [5.74, 6) is 0. The first-order valence-corrected chi connectivity index (χ1v) is 4.36. The van der Waals surface area contributed by atoms with Crippen molar-refractivity contribution in [1.82, 2.24) is 0 Å². The molecule has 2 aromatic rings. The molecule has 0 aliphatic rings. The van der Waals surface area contributed by atoms with Gasteiger partial charge in [0.05, 0.1) is 0 Å². The Morgan fingerprint density at radius 2 is 2.17 bits per heavy atom. The van der Waals surface area contributed by atoms with Gasteiger partial charge in [-0.3, -0.25) is 4.79 Å². The zero-order valence-electron chi connectivity index (χ0n) is 6.19.